The van der Waals surface area contributed by atoms with Gasteiger partial charge in [0.15, 0.2) is 0 Å². The molecule has 22 heavy (non-hydrogen) atoms. The van der Waals surface area contributed by atoms with Gasteiger partial charge in [-0.25, -0.2) is 0 Å². The predicted octanol–water partition coefficient (Wildman–Crippen LogP) is 7.45. The van der Waals surface area contributed by atoms with E-state index >= 15 is 0 Å². The maximum absolute atomic E-state index is 5.84. The van der Waals surface area contributed by atoms with E-state index in [1.54, 1.807) is 0 Å². The Labute approximate surface area is 140 Å². The van der Waals surface area contributed by atoms with Gasteiger partial charge in [-0.2, -0.15) is 0 Å². The maximum Gasteiger partial charge on any atom is 0.0753 e. The summed E-state index contributed by atoms with van der Waals surface area (Å²) in [5, 5.41) is 0. The lowest BCUT2D eigenvalue weighted by Crippen LogP contribution is -2.09. The number of rotatable bonds is 17. The van der Waals surface area contributed by atoms with Crippen molar-refractivity contribution in [3.8, 4) is 0 Å². The van der Waals surface area contributed by atoms with Crippen molar-refractivity contribution >= 4 is 0 Å². The monoisotopic (exact) mass is 310 g/mol. The Balaban J connectivity index is 3.11. The van der Waals surface area contributed by atoms with Crippen LogP contribution < -0.4 is 0 Å². The van der Waals surface area contributed by atoms with Gasteiger partial charge in [0.05, 0.1) is 6.10 Å². The summed E-state index contributed by atoms with van der Waals surface area (Å²) in [5.74, 6) is 0. The van der Waals surface area contributed by atoms with E-state index in [9.17, 15) is 0 Å². The van der Waals surface area contributed by atoms with Gasteiger partial charge >= 0.3 is 0 Å². The van der Waals surface area contributed by atoms with Crippen molar-refractivity contribution in [1.29, 1.82) is 0 Å². The van der Waals surface area contributed by atoms with Gasteiger partial charge in [-0.05, 0) is 19.8 Å². The minimum absolute atomic E-state index is 0.335. The summed E-state index contributed by atoms with van der Waals surface area (Å²) in [6, 6.07) is 0. The molecule has 1 nitrogen and oxygen atoms in total. The van der Waals surface area contributed by atoms with E-state index in [1.807, 2.05) is 0 Å². The Morgan fingerprint density at radius 2 is 1.14 bits per heavy atom. The molecule has 0 amide bonds. The molecule has 0 aliphatic carbocycles. The van der Waals surface area contributed by atoms with Crippen molar-refractivity contribution in [3.05, 3.63) is 12.2 Å². The zero-order valence-electron chi connectivity index (χ0n) is 15.7. The van der Waals surface area contributed by atoms with Crippen LogP contribution in [0.2, 0.25) is 0 Å². The first-order chi connectivity index (χ1) is 10.8. The van der Waals surface area contributed by atoms with Gasteiger partial charge < -0.3 is 4.74 Å². The average Bonchev–Trinajstić information content (AvgIpc) is 2.54. The van der Waals surface area contributed by atoms with Gasteiger partial charge in [0.25, 0.3) is 0 Å². The fraction of sp³-hybridized carbons (Fsp3) is 0.905. The number of hydrogen-bond donors (Lipinski definition) is 0. The smallest absolute Gasteiger partial charge is 0.0753 e. The molecule has 1 atom stereocenters. The van der Waals surface area contributed by atoms with Crippen LogP contribution in [-0.2, 0) is 4.74 Å². The van der Waals surface area contributed by atoms with Crippen molar-refractivity contribution in [1.82, 2.24) is 0 Å². The first-order valence-corrected chi connectivity index (χ1v) is 10.1. The molecule has 0 bridgehead atoms. The van der Waals surface area contributed by atoms with Gasteiger partial charge in [-0.3, -0.25) is 0 Å². The molecule has 132 valence electrons. The molecule has 0 saturated heterocycles. The Morgan fingerprint density at radius 1 is 0.682 bits per heavy atom. The molecule has 0 aliphatic rings. The van der Waals surface area contributed by atoms with Crippen LogP contribution >= 0.6 is 0 Å². The number of unbranched alkanes of at least 4 members (excludes halogenated alkanes) is 12. The van der Waals surface area contributed by atoms with Crippen LogP contribution in [0, 0.1) is 0 Å². The summed E-state index contributed by atoms with van der Waals surface area (Å²) >= 11 is 0. The molecule has 0 fully saturated rings. The van der Waals surface area contributed by atoms with Gasteiger partial charge in [0, 0.05) is 6.61 Å². The highest BCUT2D eigenvalue weighted by molar-refractivity contribution is 4.85. The number of hydrogen-bond acceptors (Lipinski definition) is 1. The summed E-state index contributed by atoms with van der Waals surface area (Å²) in [6.45, 7) is 7.48. The number of allylic oxidation sites excluding steroid dienone is 1. The SMILES string of the molecule is C/C=C/C(CC)OCCCCCCCCCCCCCCC. The standard InChI is InChI=1S/C21H42O/c1-4-7-8-9-10-11-12-13-14-15-16-17-18-20-22-21(6-3)19-5-2/h5,19,21H,4,6-18,20H2,1-3H3/b19-5+. The molecule has 0 aliphatic heterocycles. The van der Waals surface area contributed by atoms with Gasteiger partial charge in [-0.1, -0.05) is 103 Å². The molecule has 0 rings (SSSR count). The lowest BCUT2D eigenvalue weighted by Gasteiger charge is -2.11. The van der Waals surface area contributed by atoms with E-state index in [1.165, 1.54) is 83.5 Å². The summed E-state index contributed by atoms with van der Waals surface area (Å²) in [5.41, 5.74) is 0. The van der Waals surface area contributed by atoms with E-state index in [-0.39, 0.29) is 0 Å². The van der Waals surface area contributed by atoms with E-state index < -0.39 is 0 Å². The highest BCUT2D eigenvalue weighted by Crippen LogP contribution is 2.12. The predicted molar refractivity (Wildman–Crippen MR) is 101 cm³/mol. The van der Waals surface area contributed by atoms with Crippen LogP contribution in [0.1, 0.15) is 111 Å². The Bertz CT molecular complexity index is 222. The molecule has 0 spiro atoms. The first-order valence-electron chi connectivity index (χ1n) is 10.1. The fourth-order valence-electron chi connectivity index (χ4n) is 2.88. The van der Waals surface area contributed by atoms with Gasteiger partial charge in [0.2, 0.25) is 0 Å². The highest BCUT2D eigenvalue weighted by atomic mass is 16.5. The van der Waals surface area contributed by atoms with Crippen LogP contribution in [0.25, 0.3) is 0 Å². The summed E-state index contributed by atoms with van der Waals surface area (Å²) in [4.78, 5) is 0. The molecular weight excluding hydrogens is 268 g/mol. The summed E-state index contributed by atoms with van der Waals surface area (Å²) in [7, 11) is 0. The third-order valence-corrected chi connectivity index (χ3v) is 4.39. The molecule has 0 N–H and O–H groups in total. The Morgan fingerprint density at radius 3 is 1.55 bits per heavy atom. The maximum atomic E-state index is 5.84. The minimum Gasteiger partial charge on any atom is -0.374 e. The van der Waals surface area contributed by atoms with Crippen molar-refractivity contribution in [3.63, 3.8) is 0 Å². The molecule has 0 heterocycles. The van der Waals surface area contributed by atoms with Crippen molar-refractivity contribution in [2.75, 3.05) is 6.61 Å². The van der Waals surface area contributed by atoms with Crippen LogP contribution in [0.3, 0.4) is 0 Å². The van der Waals surface area contributed by atoms with E-state index in [4.69, 9.17) is 4.74 Å². The molecule has 1 unspecified atom stereocenters. The second-order valence-corrected chi connectivity index (χ2v) is 6.59. The van der Waals surface area contributed by atoms with Gasteiger partial charge in [0.1, 0.15) is 0 Å². The molecular formula is C21H42O. The van der Waals surface area contributed by atoms with Gasteiger partial charge in [-0.15, -0.1) is 0 Å². The summed E-state index contributed by atoms with van der Waals surface area (Å²) in [6.07, 6.45) is 24.0. The van der Waals surface area contributed by atoms with Crippen LogP contribution in [0.4, 0.5) is 0 Å². The lowest BCUT2D eigenvalue weighted by molar-refractivity contribution is 0.0794. The van der Waals surface area contributed by atoms with E-state index in [0.29, 0.717) is 6.10 Å². The van der Waals surface area contributed by atoms with Crippen molar-refractivity contribution < 1.29 is 4.74 Å². The summed E-state index contributed by atoms with van der Waals surface area (Å²) < 4.78 is 5.84. The molecule has 0 aromatic carbocycles. The third-order valence-electron chi connectivity index (χ3n) is 4.39. The zero-order chi connectivity index (χ0) is 16.3. The van der Waals surface area contributed by atoms with E-state index in [0.717, 1.165) is 13.0 Å². The quantitative estimate of drug-likeness (QED) is 0.200. The van der Waals surface area contributed by atoms with E-state index in [2.05, 4.69) is 32.9 Å². The fourth-order valence-corrected chi connectivity index (χ4v) is 2.88. The zero-order valence-corrected chi connectivity index (χ0v) is 15.7. The first kappa shape index (κ1) is 21.7. The molecule has 0 saturated carbocycles. The third kappa shape index (κ3) is 16.1. The van der Waals surface area contributed by atoms with Crippen LogP contribution in [-0.4, -0.2) is 12.7 Å². The second-order valence-electron chi connectivity index (χ2n) is 6.59. The normalized spacial score (nSPS) is 13.0. The molecule has 0 aromatic rings. The van der Waals surface area contributed by atoms with Crippen LogP contribution in [0.5, 0.6) is 0 Å². The number of ether oxygens (including phenoxy) is 1. The van der Waals surface area contributed by atoms with Crippen LogP contribution in [0.15, 0.2) is 12.2 Å². The molecule has 0 radical (unpaired) electrons. The lowest BCUT2D eigenvalue weighted by atomic mass is 10.0. The average molecular weight is 311 g/mol. The van der Waals surface area contributed by atoms with Crippen molar-refractivity contribution in [2.45, 2.75) is 117 Å². The Kier molecular flexibility index (Phi) is 18.5. The Hall–Kier alpha value is -0.300. The topological polar surface area (TPSA) is 9.23 Å². The van der Waals surface area contributed by atoms with Crippen molar-refractivity contribution in [2.24, 2.45) is 0 Å². The molecule has 0 aromatic heterocycles. The largest absolute Gasteiger partial charge is 0.374 e. The second kappa shape index (κ2) is 18.7. The molecule has 1 heteroatoms. The minimum atomic E-state index is 0.335. The highest BCUT2D eigenvalue weighted by Gasteiger charge is 2.00.